The second-order valence-corrected chi connectivity index (χ2v) is 3.83. The Morgan fingerprint density at radius 1 is 1.39 bits per heavy atom. The van der Waals surface area contributed by atoms with Gasteiger partial charge < -0.3 is 10.6 Å². The van der Waals surface area contributed by atoms with Gasteiger partial charge in [-0.1, -0.05) is 11.6 Å². The molecule has 0 radical (unpaired) electrons. The number of carbonyl (C=O) groups excluding carboxylic acids is 1. The van der Waals surface area contributed by atoms with Crippen molar-refractivity contribution in [2.45, 2.75) is 6.42 Å². The molecule has 0 unspecified atom stereocenters. The van der Waals surface area contributed by atoms with Crippen LogP contribution in [0.5, 0.6) is 0 Å². The summed E-state index contributed by atoms with van der Waals surface area (Å²) in [7, 11) is 0. The monoisotopic (exact) mass is 262 g/mol. The molecule has 0 aliphatic carbocycles. The predicted molar refractivity (Wildman–Crippen MR) is 67.9 cm³/mol. The molecule has 1 rings (SSSR count). The van der Waals surface area contributed by atoms with Crippen LogP contribution in [0.25, 0.3) is 0 Å². The minimum atomic E-state index is -0.217. The number of hydrogen-bond donors (Lipinski definition) is 2. The zero-order valence-electron chi connectivity index (χ0n) is 9.53. The van der Waals surface area contributed by atoms with E-state index in [1.165, 1.54) is 6.07 Å². The summed E-state index contributed by atoms with van der Waals surface area (Å²) < 4.78 is 0. The van der Waals surface area contributed by atoms with Gasteiger partial charge >= 0.3 is 0 Å². The van der Waals surface area contributed by atoms with E-state index in [2.05, 4.69) is 10.6 Å². The molecule has 0 aromatic heterocycles. The third-order valence-corrected chi connectivity index (χ3v) is 2.41. The van der Waals surface area contributed by atoms with Crippen LogP contribution in [-0.2, 0) is 4.79 Å². The van der Waals surface area contributed by atoms with E-state index >= 15 is 0 Å². The van der Waals surface area contributed by atoms with Crippen molar-refractivity contribution in [1.82, 2.24) is 5.32 Å². The summed E-state index contributed by atoms with van der Waals surface area (Å²) in [5, 5.41) is 22.8. The molecular formula is C12H11ClN4O. The summed E-state index contributed by atoms with van der Waals surface area (Å²) in [6.45, 7) is 0.398. The molecule has 1 aromatic carbocycles. The first-order valence-corrected chi connectivity index (χ1v) is 5.62. The molecule has 2 N–H and O–H groups in total. The number of nitrogens with zero attached hydrogens (tertiary/aromatic N) is 2. The van der Waals surface area contributed by atoms with Crippen molar-refractivity contribution in [2.75, 3.05) is 18.4 Å². The summed E-state index contributed by atoms with van der Waals surface area (Å²) in [6, 6.07) is 8.68. The molecule has 0 fully saturated rings. The Balaban J connectivity index is 2.47. The lowest BCUT2D eigenvalue weighted by atomic mass is 10.2. The first-order valence-electron chi connectivity index (χ1n) is 5.24. The summed E-state index contributed by atoms with van der Waals surface area (Å²) in [5.74, 6) is -0.217. The Bertz CT molecular complexity index is 516. The first kappa shape index (κ1) is 13.8. The maximum absolute atomic E-state index is 11.3. The van der Waals surface area contributed by atoms with Crippen molar-refractivity contribution in [2.24, 2.45) is 0 Å². The van der Waals surface area contributed by atoms with Crippen molar-refractivity contribution in [3.8, 4) is 12.1 Å². The lowest BCUT2D eigenvalue weighted by Gasteiger charge is -2.08. The Morgan fingerprint density at radius 2 is 2.17 bits per heavy atom. The van der Waals surface area contributed by atoms with E-state index < -0.39 is 0 Å². The molecule has 0 spiro atoms. The predicted octanol–water partition coefficient (Wildman–Crippen LogP) is 1.65. The Kier molecular flexibility index (Phi) is 5.50. The number of amides is 1. The second kappa shape index (κ2) is 7.16. The van der Waals surface area contributed by atoms with E-state index in [9.17, 15) is 4.79 Å². The average molecular weight is 263 g/mol. The Labute approximate surface area is 110 Å². The highest BCUT2D eigenvalue weighted by Crippen LogP contribution is 2.22. The quantitative estimate of drug-likeness (QED) is 0.790. The largest absolute Gasteiger partial charge is 0.375 e. The molecule has 0 heterocycles. The fourth-order valence-corrected chi connectivity index (χ4v) is 1.47. The van der Waals surface area contributed by atoms with Gasteiger partial charge in [-0.25, -0.2) is 0 Å². The summed E-state index contributed by atoms with van der Waals surface area (Å²) >= 11 is 5.93. The van der Waals surface area contributed by atoms with Crippen molar-refractivity contribution in [3.63, 3.8) is 0 Å². The molecule has 1 amide bonds. The SMILES string of the molecule is N#CCCNC(=O)CNc1ccc(C#N)cc1Cl. The normalized spacial score (nSPS) is 9.06. The van der Waals surface area contributed by atoms with E-state index in [1.807, 2.05) is 12.1 Å². The number of benzene rings is 1. The van der Waals surface area contributed by atoms with Crippen LogP contribution in [0.4, 0.5) is 5.69 Å². The smallest absolute Gasteiger partial charge is 0.239 e. The molecule has 0 aliphatic rings. The fourth-order valence-electron chi connectivity index (χ4n) is 1.22. The summed E-state index contributed by atoms with van der Waals surface area (Å²) in [5.41, 5.74) is 1.05. The third kappa shape index (κ3) is 4.32. The first-order chi connectivity index (χ1) is 8.67. The molecule has 0 saturated heterocycles. The standard InChI is InChI=1S/C12H11ClN4O/c13-10-6-9(7-15)2-3-11(10)17-8-12(18)16-5-1-4-14/h2-3,6,17H,1,5,8H2,(H,16,18). The van der Waals surface area contributed by atoms with Gasteiger partial charge in [-0.3, -0.25) is 4.79 Å². The van der Waals surface area contributed by atoms with Gasteiger partial charge in [0, 0.05) is 6.54 Å². The molecule has 1 aromatic rings. The number of rotatable bonds is 5. The van der Waals surface area contributed by atoms with Crippen LogP contribution in [0.3, 0.4) is 0 Å². The van der Waals surface area contributed by atoms with E-state index in [0.29, 0.717) is 22.8 Å². The van der Waals surface area contributed by atoms with Gasteiger partial charge in [-0.2, -0.15) is 10.5 Å². The highest BCUT2D eigenvalue weighted by atomic mass is 35.5. The summed E-state index contributed by atoms with van der Waals surface area (Å²) in [6.07, 6.45) is 0.281. The van der Waals surface area contributed by atoms with Crippen LogP contribution in [0.1, 0.15) is 12.0 Å². The Hall–Kier alpha value is -2.24. The van der Waals surface area contributed by atoms with Crippen molar-refractivity contribution < 1.29 is 4.79 Å². The average Bonchev–Trinajstić information content (AvgIpc) is 2.37. The number of halogens is 1. The highest BCUT2D eigenvalue weighted by Gasteiger charge is 2.04. The van der Waals surface area contributed by atoms with E-state index in [4.69, 9.17) is 22.1 Å². The lowest BCUT2D eigenvalue weighted by molar-refractivity contribution is -0.119. The van der Waals surface area contributed by atoms with E-state index in [1.54, 1.807) is 12.1 Å². The van der Waals surface area contributed by atoms with Gasteiger partial charge in [0.15, 0.2) is 0 Å². The number of anilines is 1. The van der Waals surface area contributed by atoms with Gasteiger partial charge in [-0.05, 0) is 18.2 Å². The zero-order chi connectivity index (χ0) is 13.4. The van der Waals surface area contributed by atoms with Crippen LogP contribution < -0.4 is 10.6 Å². The number of nitrogens with one attached hydrogen (secondary N) is 2. The maximum Gasteiger partial charge on any atom is 0.239 e. The molecule has 0 saturated carbocycles. The number of carbonyl (C=O) groups is 1. The minimum Gasteiger partial charge on any atom is -0.375 e. The van der Waals surface area contributed by atoms with Crippen LogP contribution in [0.2, 0.25) is 5.02 Å². The molecule has 0 atom stereocenters. The van der Waals surface area contributed by atoms with Gasteiger partial charge in [-0.15, -0.1) is 0 Å². The molecule has 5 nitrogen and oxygen atoms in total. The number of nitriles is 2. The van der Waals surface area contributed by atoms with Crippen LogP contribution >= 0.6 is 11.6 Å². The second-order valence-electron chi connectivity index (χ2n) is 3.42. The van der Waals surface area contributed by atoms with Crippen molar-refractivity contribution >= 4 is 23.2 Å². The summed E-state index contributed by atoms with van der Waals surface area (Å²) in [4.78, 5) is 11.3. The van der Waals surface area contributed by atoms with Gasteiger partial charge in [0.1, 0.15) is 0 Å². The topological polar surface area (TPSA) is 88.7 Å². The molecular weight excluding hydrogens is 252 g/mol. The minimum absolute atomic E-state index is 0.0665. The number of hydrogen-bond acceptors (Lipinski definition) is 4. The lowest BCUT2D eigenvalue weighted by Crippen LogP contribution is -2.30. The van der Waals surface area contributed by atoms with Crippen LogP contribution in [-0.4, -0.2) is 19.0 Å². The third-order valence-electron chi connectivity index (χ3n) is 2.10. The highest BCUT2D eigenvalue weighted by molar-refractivity contribution is 6.33. The van der Waals surface area contributed by atoms with E-state index in [0.717, 1.165) is 0 Å². The van der Waals surface area contributed by atoms with Crippen LogP contribution in [0, 0.1) is 22.7 Å². The van der Waals surface area contributed by atoms with Gasteiger partial charge in [0.25, 0.3) is 0 Å². The zero-order valence-corrected chi connectivity index (χ0v) is 10.3. The molecule has 6 heteroatoms. The maximum atomic E-state index is 11.3. The fraction of sp³-hybridized carbons (Fsp3) is 0.250. The van der Waals surface area contributed by atoms with Gasteiger partial charge in [0.2, 0.25) is 5.91 Å². The van der Waals surface area contributed by atoms with Crippen LogP contribution in [0.15, 0.2) is 18.2 Å². The Morgan fingerprint density at radius 3 is 2.78 bits per heavy atom. The van der Waals surface area contributed by atoms with Crippen molar-refractivity contribution in [1.29, 1.82) is 10.5 Å². The molecule has 0 aliphatic heterocycles. The molecule has 0 bridgehead atoms. The molecule has 92 valence electrons. The van der Waals surface area contributed by atoms with E-state index in [-0.39, 0.29) is 18.9 Å². The molecule has 18 heavy (non-hydrogen) atoms. The van der Waals surface area contributed by atoms with Crippen molar-refractivity contribution in [3.05, 3.63) is 28.8 Å². The van der Waals surface area contributed by atoms with Gasteiger partial charge in [0.05, 0.1) is 41.4 Å².